The number of aromatic nitrogens is 1. The van der Waals surface area contributed by atoms with E-state index < -0.39 is 0 Å². The Morgan fingerprint density at radius 1 is 1.40 bits per heavy atom. The average molecular weight is 295 g/mol. The van der Waals surface area contributed by atoms with Crippen LogP contribution in [-0.2, 0) is 11.3 Å². The minimum absolute atomic E-state index is 0.465. The fourth-order valence-corrected chi connectivity index (χ4v) is 4.37. The van der Waals surface area contributed by atoms with Crippen molar-refractivity contribution in [1.82, 2.24) is 15.6 Å². The molecule has 0 radical (unpaired) electrons. The lowest BCUT2D eigenvalue weighted by atomic mass is 9.73. The van der Waals surface area contributed by atoms with Gasteiger partial charge in [0.2, 0.25) is 0 Å². The average Bonchev–Trinajstić information content (AvgIpc) is 2.76. The fraction of sp³-hybridized carbons (Fsp3) is 0.800. The lowest BCUT2D eigenvalue weighted by molar-refractivity contribution is -0.00396. The van der Waals surface area contributed by atoms with Crippen molar-refractivity contribution in [2.24, 2.45) is 5.41 Å². The molecule has 0 amide bonds. The molecule has 20 heavy (non-hydrogen) atoms. The van der Waals surface area contributed by atoms with Crippen LogP contribution in [0.5, 0.6) is 0 Å². The Kier molecular flexibility index (Phi) is 4.40. The molecule has 1 aromatic rings. The van der Waals surface area contributed by atoms with Crippen LogP contribution >= 0.6 is 11.3 Å². The van der Waals surface area contributed by atoms with Gasteiger partial charge in [-0.25, -0.2) is 4.98 Å². The number of rotatable bonds is 3. The van der Waals surface area contributed by atoms with Crippen LogP contribution in [0.2, 0.25) is 0 Å². The third-order valence-electron chi connectivity index (χ3n) is 4.67. The molecular formula is C15H25N3OS. The van der Waals surface area contributed by atoms with E-state index in [0.717, 1.165) is 32.8 Å². The largest absolute Gasteiger partial charge is 0.381 e. The molecule has 112 valence electrons. The van der Waals surface area contributed by atoms with Crippen LogP contribution in [-0.4, -0.2) is 37.3 Å². The van der Waals surface area contributed by atoms with E-state index in [1.54, 1.807) is 0 Å². The minimum atomic E-state index is 0.465. The smallest absolute Gasteiger partial charge is 0.0900 e. The molecule has 1 spiro atoms. The zero-order valence-corrected chi connectivity index (χ0v) is 13.3. The first kappa shape index (κ1) is 14.4. The van der Waals surface area contributed by atoms with Crippen molar-refractivity contribution >= 4 is 11.3 Å². The van der Waals surface area contributed by atoms with Crippen molar-refractivity contribution in [3.8, 4) is 0 Å². The molecule has 2 N–H and O–H groups in total. The second kappa shape index (κ2) is 6.10. The van der Waals surface area contributed by atoms with Crippen LogP contribution < -0.4 is 10.6 Å². The molecule has 4 nitrogen and oxygen atoms in total. The summed E-state index contributed by atoms with van der Waals surface area (Å²) in [5, 5.41) is 8.52. The van der Waals surface area contributed by atoms with Gasteiger partial charge in [-0.3, -0.25) is 0 Å². The number of aryl methyl sites for hydroxylation is 2. The first-order valence-corrected chi connectivity index (χ1v) is 8.43. The molecule has 1 atom stereocenters. The maximum Gasteiger partial charge on any atom is 0.0900 e. The van der Waals surface area contributed by atoms with Gasteiger partial charge in [0.1, 0.15) is 0 Å². The molecule has 0 saturated carbocycles. The SMILES string of the molecule is Cc1nc(C)c(CNC2CNCC3(CCOCC3)C2)s1. The predicted molar refractivity (Wildman–Crippen MR) is 82.2 cm³/mol. The lowest BCUT2D eigenvalue weighted by Gasteiger charge is -2.44. The van der Waals surface area contributed by atoms with Gasteiger partial charge >= 0.3 is 0 Å². The number of nitrogens with one attached hydrogen (secondary N) is 2. The Labute approximate surface area is 125 Å². The Morgan fingerprint density at radius 3 is 2.90 bits per heavy atom. The van der Waals surface area contributed by atoms with Gasteiger partial charge in [0.05, 0.1) is 10.7 Å². The predicted octanol–water partition coefficient (Wildman–Crippen LogP) is 2.01. The second-order valence-electron chi connectivity index (χ2n) is 6.27. The van der Waals surface area contributed by atoms with Crippen molar-refractivity contribution in [1.29, 1.82) is 0 Å². The fourth-order valence-electron chi connectivity index (χ4n) is 3.48. The monoisotopic (exact) mass is 295 g/mol. The molecule has 1 unspecified atom stereocenters. The minimum Gasteiger partial charge on any atom is -0.381 e. The molecule has 2 fully saturated rings. The third kappa shape index (κ3) is 3.22. The molecule has 2 aliphatic heterocycles. The summed E-state index contributed by atoms with van der Waals surface area (Å²) in [6.07, 6.45) is 3.69. The zero-order chi connectivity index (χ0) is 14.0. The van der Waals surface area contributed by atoms with Gasteiger partial charge in [-0.05, 0) is 38.5 Å². The number of piperidine rings is 1. The lowest BCUT2D eigenvalue weighted by Crippen LogP contribution is -2.53. The van der Waals surface area contributed by atoms with Gasteiger partial charge in [-0.1, -0.05) is 0 Å². The number of hydrogen-bond acceptors (Lipinski definition) is 5. The van der Waals surface area contributed by atoms with Gasteiger partial charge in [-0.2, -0.15) is 0 Å². The molecule has 5 heteroatoms. The highest BCUT2D eigenvalue weighted by molar-refractivity contribution is 7.11. The summed E-state index contributed by atoms with van der Waals surface area (Å²) < 4.78 is 5.53. The summed E-state index contributed by atoms with van der Waals surface area (Å²) in [7, 11) is 0. The van der Waals surface area contributed by atoms with Gasteiger partial charge in [-0.15, -0.1) is 11.3 Å². The van der Waals surface area contributed by atoms with E-state index in [2.05, 4.69) is 29.5 Å². The summed E-state index contributed by atoms with van der Waals surface area (Å²) in [5.74, 6) is 0. The van der Waals surface area contributed by atoms with E-state index in [-0.39, 0.29) is 0 Å². The van der Waals surface area contributed by atoms with Crippen LogP contribution in [0, 0.1) is 19.3 Å². The summed E-state index contributed by atoms with van der Waals surface area (Å²) >= 11 is 1.82. The Balaban J connectivity index is 1.56. The number of ether oxygens (including phenoxy) is 1. The second-order valence-corrected chi connectivity index (χ2v) is 7.55. The highest BCUT2D eigenvalue weighted by atomic mass is 32.1. The highest BCUT2D eigenvalue weighted by Gasteiger charge is 2.37. The Morgan fingerprint density at radius 2 is 2.20 bits per heavy atom. The molecule has 3 heterocycles. The normalized spacial score (nSPS) is 26.0. The van der Waals surface area contributed by atoms with Crippen molar-refractivity contribution in [2.75, 3.05) is 26.3 Å². The van der Waals surface area contributed by atoms with Crippen LogP contribution in [0.3, 0.4) is 0 Å². The molecule has 2 saturated heterocycles. The molecule has 2 aliphatic rings. The van der Waals surface area contributed by atoms with Crippen LogP contribution in [0.4, 0.5) is 0 Å². The molecule has 0 aromatic carbocycles. The third-order valence-corrected chi connectivity index (χ3v) is 5.75. The van der Waals surface area contributed by atoms with Crippen molar-refractivity contribution < 1.29 is 4.74 Å². The van der Waals surface area contributed by atoms with Crippen molar-refractivity contribution in [3.63, 3.8) is 0 Å². The first-order chi connectivity index (χ1) is 9.67. The van der Waals surface area contributed by atoms with Crippen molar-refractivity contribution in [2.45, 2.75) is 45.7 Å². The van der Waals surface area contributed by atoms with Crippen LogP contribution in [0.25, 0.3) is 0 Å². The number of nitrogens with zero attached hydrogens (tertiary/aromatic N) is 1. The van der Waals surface area contributed by atoms with Crippen molar-refractivity contribution in [3.05, 3.63) is 15.6 Å². The Bertz CT molecular complexity index is 448. The quantitative estimate of drug-likeness (QED) is 0.895. The molecule has 0 aliphatic carbocycles. The molecule has 1 aromatic heterocycles. The number of thiazole rings is 1. The van der Waals surface area contributed by atoms with E-state index in [4.69, 9.17) is 4.74 Å². The van der Waals surface area contributed by atoms with E-state index in [1.807, 2.05) is 11.3 Å². The topological polar surface area (TPSA) is 46.2 Å². The van der Waals surface area contributed by atoms with Gasteiger partial charge in [0.25, 0.3) is 0 Å². The van der Waals surface area contributed by atoms with E-state index >= 15 is 0 Å². The van der Waals surface area contributed by atoms with Gasteiger partial charge in [0, 0.05) is 43.8 Å². The summed E-state index contributed by atoms with van der Waals surface area (Å²) in [6, 6.07) is 0.573. The maximum absolute atomic E-state index is 5.53. The standard InChI is InChI=1S/C15H25N3OS/c1-11-14(20-12(2)18-11)9-17-13-7-15(10-16-8-13)3-5-19-6-4-15/h13,16-17H,3-10H2,1-2H3. The summed E-state index contributed by atoms with van der Waals surface area (Å²) in [4.78, 5) is 5.89. The summed E-state index contributed by atoms with van der Waals surface area (Å²) in [6.45, 7) is 9.26. The molecular weight excluding hydrogens is 270 g/mol. The van der Waals surface area contributed by atoms with E-state index in [9.17, 15) is 0 Å². The van der Waals surface area contributed by atoms with E-state index in [1.165, 1.54) is 34.8 Å². The Hall–Kier alpha value is -0.490. The highest BCUT2D eigenvalue weighted by Crippen LogP contribution is 2.36. The van der Waals surface area contributed by atoms with Crippen LogP contribution in [0.1, 0.15) is 34.8 Å². The van der Waals surface area contributed by atoms with Gasteiger partial charge in [0.15, 0.2) is 0 Å². The zero-order valence-electron chi connectivity index (χ0n) is 12.5. The summed E-state index contributed by atoms with van der Waals surface area (Å²) in [5.41, 5.74) is 1.65. The van der Waals surface area contributed by atoms with Gasteiger partial charge < -0.3 is 15.4 Å². The maximum atomic E-state index is 5.53. The van der Waals surface area contributed by atoms with E-state index in [0.29, 0.717) is 11.5 Å². The number of hydrogen-bond donors (Lipinski definition) is 2. The first-order valence-electron chi connectivity index (χ1n) is 7.62. The molecule has 3 rings (SSSR count). The van der Waals surface area contributed by atoms with Crippen LogP contribution in [0.15, 0.2) is 0 Å². The molecule has 0 bridgehead atoms.